The molecule has 178 valence electrons. The fourth-order valence-electron chi connectivity index (χ4n) is 3.39. The number of nitrogens with one attached hydrogen (secondary N) is 1. The third-order valence-electron chi connectivity index (χ3n) is 5.11. The first kappa shape index (κ1) is 24.7. The van der Waals surface area contributed by atoms with Crippen LogP contribution in [0.5, 0.6) is 5.75 Å². The summed E-state index contributed by atoms with van der Waals surface area (Å²) in [4.78, 5) is 32.2. The molecular formula is C22H25F3N4O3S. The molecule has 1 saturated heterocycles. The van der Waals surface area contributed by atoms with E-state index in [1.165, 1.54) is 12.0 Å². The second kappa shape index (κ2) is 10.8. The number of halogens is 3. The maximum atomic E-state index is 13.2. The lowest BCUT2D eigenvalue weighted by Gasteiger charge is -2.35. The highest BCUT2D eigenvalue weighted by Gasteiger charge is 2.37. The number of carbonyl (C=O) groups excluding carboxylic acids is 2. The van der Waals surface area contributed by atoms with Crippen molar-refractivity contribution in [3.05, 3.63) is 53.3 Å². The van der Waals surface area contributed by atoms with E-state index in [2.05, 4.69) is 16.6 Å². The van der Waals surface area contributed by atoms with Crippen LogP contribution in [0.3, 0.4) is 0 Å². The van der Waals surface area contributed by atoms with Crippen LogP contribution < -0.4 is 9.46 Å². The van der Waals surface area contributed by atoms with E-state index in [4.69, 9.17) is 4.74 Å². The highest BCUT2D eigenvalue weighted by molar-refractivity contribution is 8.00. The number of amides is 2. The van der Waals surface area contributed by atoms with Gasteiger partial charge in [0.2, 0.25) is 0 Å². The van der Waals surface area contributed by atoms with Gasteiger partial charge in [-0.15, -0.1) is 0 Å². The Balaban J connectivity index is 1.65. The molecule has 1 N–H and O–H groups in total. The topological polar surface area (TPSA) is 74.8 Å². The highest BCUT2D eigenvalue weighted by Crippen LogP contribution is 2.32. The molecule has 0 spiro atoms. The fourth-order valence-corrected chi connectivity index (χ4v) is 4.02. The average Bonchev–Trinajstić information content (AvgIpc) is 2.83. The standard InChI is InChI=1S/C22H25F3N4O3S/c1-3-13-33-27-17-7-6-15(14-18(17)32-2)20(30)28-9-11-29(12-10-28)21(31)19-16(22(23,24)25)5-4-8-26-19/h4-8,14,27H,3,9-13H2,1-2H3. The molecule has 2 amide bonds. The van der Waals surface area contributed by atoms with Gasteiger partial charge in [0.25, 0.3) is 11.8 Å². The molecule has 7 nitrogen and oxygen atoms in total. The first-order chi connectivity index (χ1) is 15.8. The Bertz CT molecular complexity index is 995. The van der Waals surface area contributed by atoms with E-state index in [0.717, 1.165) is 36.2 Å². The Morgan fingerprint density at radius 2 is 1.79 bits per heavy atom. The molecule has 0 bridgehead atoms. The predicted octanol–water partition coefficient (Wildman–Crippen LogP) is 4.18. The van der Waals surface area contributed by atoms with Gasteiger partial charge in [0.15, 0.2) is 0 Å². The maximum absolute atomic E-state index is 13.2. The molecule has 1 aliphatic heterocycles. The molecule has 11 heteroatoms. The van der Waals surface area contributed by atoms with E-state index >= 15 is 0 Å². The Hall–Kier alpha value is -2.95. The number of nitrogens with zero attached hydrogens (tertiary/aromatic N) is 3. The molecule has 1 aliphatic rings. The second-order valence-corrected chi connectivity index (χ2v) is 8.25. The van der Waals surface area contributed by atoms with Crippen molar-refractivity contribution in [2.45, 2.75) is 19.5 Å². The molecule has 1 fully saturated rings. The highest BCUT2D eigenvalue weighted by atomic mass is 32.2. The van der Waals surface area contributed by atoms with Crippen LogP contribution in [0.25, 0.3) is 0 Å². The Morgan fingerprint density at radius 1 is 1.12 bits per heavy atom. The van der Waals surface area contributed by atoms with Crippen molar-refractivity contribution in [2.75, 3.05) is 43.8 Å². The summed E-state index contributed by atoms with van der Waals surface area (Å²) in [7, 11) is 1.52. The third-order valence-corrected chi connectivity index (χ3v) is 6.08. The van der Waals surface area contributed by atoms with Crippen LogP contribution in [-0.2, 0) is 6.18 Å². The molecular weight excluding hydrogens is 457 g/mol. The average molecular weight is 483 g/mol. The Kier molecular flexibility index (Phi) is 8.06. The normalized spacial score (nSPS) is 14.2. The van der Waals surface area contributed by atoms with Crippen molar-refractivity contribution in [2.24, 2.45) is 0 Å². The lowest BCUT2D eigenvalue weighted by Crippen LogP contribution is -2.51. The summed E-state index contributed by atoms with van der Waals surface area (Å²) in [5, 5.41) is 0. The summed E-state index contributed by atoms with van der Waals surface area (Å²) >= 11 is 1.54. The number of pyridine rings is 1. The van der Waals surface area contributed by atoms with Crippen LogP contribution in [-0.4, -0.2) is 65.6 Å². The van der Waals surface area contributed by atoms with Crippen LogP contribution in [0.4, 0.5) is 18.9 Å². The number of piperazine rings is 1. The molecule has 33 heavy (non-hydrogen) atoms. The molecule has 0 radical (unpaired) electrons. The molecule has 0 atom stereocenters. The van der Waals surface area contributed by atoms with Gasteiger partial charge >= 0.3 is 6.18 Å². The summed E-state index contributed by atoms with van der Waals surface area (Å²) in [5.41, 5.74) is -0.495. The van der Waals surface area contributed by atoms with Gasteiger partial charge in [-0.2, -0.15) is 13.2 Å². The predicted molar refractivity (Wildman–Crippen MR) is 120 cm³/mol. The molecule has 1 aromatic carbocycles. The van der Waals surface area contributed by atoms with Crippen molar-refractivity contribution >= 4 is 29.4 Å². The van der Waals surface area contributed by atoms with E-state index < -0.39 is 23.3 Å². The van der Waals surface area contributed by atoms with Crippen molar-refractivity contribution in [3.63, 3.8) is 0 Å². The zero-order valence-electron chi connectivity index (χ0n) is 18.3. The number of carbonyl (C=O) groups is 2. The zero-order chi connectivity index (χ0) is 24.0. The van der Waals surface area contributed by atoms with Gasteiger partial charge in [-0.25, -0.2) is 0 Å². The number of benzene rings is 1. The quantitative estimate of drug-likeness (QED) is 0.472. The number of hydrogen-bond donors (Lipinski definition) is 1. The van der Waals surface area contributed by atoms with Crippen LogP contribution in [0, 0.1) is 0 Å². The SMILES string of the molecule is CCCSNc1ccc(C(=O)N2CCN(C(=O)c3ncccc3C(F)(F)F)CC2)cc1OC. The van der Waals surface area contributed by atoms with E-state index in [1.54, 1.807) is 35.0 Å². The van der Waals surface area contributed by atoms with Gasteiger partial charge in [0, 0.05) is 43.7 Å². The van der Waals surface area contributed by atoms with Crippen molar-refractivity contribution in [1.29, 1.82) is 0 Å². The number of rotatable bonds is 7. The molecule has 3 rings (SSSR count). The first-order valence-corrected chi connectivity index (χ1v) is 11.4. The van der Waals surface area contributed by atoms with Gasteiger partial charge in [-0.05, 0) is 36.8 Å². The molecule has 0 aliphatic carbocycles. The van der Waals surface area contributed by atoms with Crippen LogP contribution >= 0.6 is 11.9 Å². The monoisotopic (exact) mass is 482 g/mol. The number of ether oxygens (including phenoxy) is 1. The van der Waals surface area contributed by atoms with Crippen molar-refractivity contribution < 1.29 is 27.5 Å². The van der Waals surface area contributed by atoms with Gasteiger partial charge in [0.05, 0.1) is 18.4 Å². The van der Waals surface area contributed by atoms with Gasteiger partial charge in [-0.3, -0.25) is 14.6 Å². The lowest BCUT2D eigenvalue weighted by atomic mass is 10.1. The fraction of sp³-hybridized carbons (Fsp3) is 0.409. The largest absolute Gasteiger partial charge is 0.495 e. The van der Waals surface area contributed by atoms with Crippen molar-refractivity contribution in [1.82, 2.24) is 14.8 Å². The summed E-state index contributed by atoms with van der Waals surface area (Å²) in [6.45, 7) is 2.71. The van der Waals surface area contributed by atoms with E-state index in [1.807, 2.05) is 0 Å². The number of alkyl halides is 3. The van der Waals surface area contributed by atoms with E-state index in [-0.39, 0.29) is 32.1 Å². The van der Waals surface area contributed by atoms with Crippen LogP contribution in [0.2, 0.25) is 0 Å². The first-order valence-electron chi connectivity index (χ1n) is 10.4. The van der Waals surface area contributed by atoms with Crippen LogP contribution in [0.15, 0.2) is 36.5 Å². The molecule has 0 unspecified atom stereocenters. The minimum absolute atomic E-state index is 0.114. The summed E-state index contributed by atoms with van der Waals surface area (Å²) in [5.74, 6) is 0.433. The van der Waals surface area contributed by atoms with Gasteiger partial charge in [0.1, 0.15) is 11.4 Å². The van der Waals surface area contributed by atoms with Gasteiger partial charge < -0.3 is 19.3 Å². The third kappa shape index (κ3) is 5.89. The van der Waals surface area contributed by atoms with E-state index in [0.29, 0.717) is 11.3 Å². The van der Waals surface area contributed by atoms with Gasteiger partial charge in [-0.1, -0.05) is 18.9 Å². The molecule has 0 saturated carbocycles. The molecule has 1 aromatic heterocycles. The zero-order valence-corrected chi connectivity index (χ0v) is 19.1. The number of anilines is 1. The minimum atomic E-state index is -4.67. The number of methoxy groups -OCH3 is 1. The minimum Gasteiger partial charge on any atom is -0.495 e. The molecule has 2 heterocycles. The molecule has 2 aromatic rings. The Morgan fingerprint density at radius 3 is 2.39 bits per heavy atom. The maximum Gasteiger partial charge on any atom is 0.418 e. The second-order valence-electron chi connectivity index (χ2n) is 7.35. The van der Waals surface area contributed by atoms with Crippen LogP contribution in [0.1, 0.15) is 39.8 Å². The Labute approximate surface area is 194 Å². The van der Waals surface area contributed by atoms with E-state index in [9.17, 15) is 22.8 Å². The summed E-state index contributed by atoms with van der Waals surface area (Å²) in [6, 6.07) is 7.10. The van der Waals surface area contributed by atoms with Crippen molar-refractivity contribution in [3.8, 4) is 5.75 Å². The number of hydrogen-bond acceptors (Lipinski definition) is 6. The summed E-state index contributed by atoms with van der Waals surface area (Å²) in [6.07, 6.45) is -2.50. The lowest BCUT2D eigenvalue weighted by molar-refractivity contribution is -0.138. The summed E-state index contributed by atoms with van der Waals surface area (Å²) < 4.78 is 48.3. The smallest absolute Gasteiger partial charge is 0.418 e. The number of aromatic nitrogens is 1.